The van der Waals surface area contributed by atoms with E-state index in [2.05, 4.69) is 25.9 Å². The molecule has 8 heteroatoms. The fourth-order valence-electron chi connectivity index (χ4n) is 1.72. The monoisotopic (exact) mass is 451 g/mol. The number of rotatable bonds is 6. The summed E-state index contributed by atoms with van der Waals surface area (Å²) in [5.74, 6) is 2.12. The quantitative estimate of drug-likeness (QED) is 0.267. The number of carbonyl (C=O) groups is 1. The maximum Gasteiger partial charge on any atom is 0.225 e. The second-order valence-corrected chi connectivity index (χ2v) is 6.38. The number of nitrogens with one attached hydrogen (secondary N) is 3. The first-order valence-electron chi connectivity index (χ1n) is 7.97. The van der Waals surface area contributed by atoms with Gasteiger partial charge in [-0.25, -0.2) is 9.98 Å². The Bertz CT molecular complexity index is 530. The number of guanidine groups is 1. The minimum absolute atomic E-state index is 0. The highest BCUT2D eigenvalue weighted by Crippen LogP contribution is 2.11. The molecular formula is C16H30IN5O2. The van der Waals surface area contributed by atoms with Gasteiger partial charge in [0, 0.05) is 25.0 Å². The third-order valence-electron chi connectivity index (χ3n) is 3.17. The topological polar surface area (TPSA) is 91.6 Å². The van der Waals surface area contributed by atoms with Crippen LogP contribution < -0.4 is 16.0 Å². The first-order chi connectivity index (χ1) is 10.7. The molecule has 7 nitrogen and oxygen atoms in total. The third-order valence-corrected chi connectivity index (χ3v) is 3.17. The van der Waals surface area contributed by atoms with Gasteiger partial charge in [0.1, 0.15) is 12.3 Å². The summed E-state index contributed by atoms with van der Waals surface area (Å²) in [6, 6.07) is 0. The standard InChI is InChI=1S/C16H29N5O2.HI/c1-7-17-15(19-9-8-18-14(22)16(4,5)6)20-10-13-21-11(2)12(3)23-13;/h7-10H2,1-6H3,(H,18,22)(H2,17,19,20);1H. The number of hydrogen-bond donors (Lipinski definition) is 3. The molecule has 24 heavy (non-hydrogen) atoms. The summed E-state index contributed by atoms with van der Waals surface area (Å²) in [7, 11) is 0. The number of aliphatic imine (C=N–C) groups is 1. The fourth-order valence-corrected chi connectivity index (χ4v) is 1.72. The number of oxazole rings is 1. The Balaban J connectivity index is 0.00000529. The van der Waals surface area contributed by atoms with E-state index in [1.807, 2.05) is 41.5 Å². The molecule has 0 aromatic carbocycles. The van der Waals surface area contributed by atoms with E-state index in [-0.39, 0.29) is 35.3 Å². The molecule has 0 spiro atoms. The molecule has 0 radical (unpaired) electrons. The van der Waals surface area contributed by atoms with Crippen LogP contribution in [0.3, 0.4) is 0 Å². The predicted octanol–water partition coefficient (Wildman–Crippen LogP) is 2.13. The molecule has 1 aromatic heterocycles. The fraction of sp³-hybridized carbons (Fsp3) is 0.688. The van der Waals surface area contributed by atoms with E-state index in [4.69, 9.17) is 4.42 Å². The number of aryl methyl sites for hydroxylation is 2. The van der Waals surface area contributed by atoms with Crippen molar-refractivity contribution in [1.82, 2.24) is 20.9 Å². The predicted molar refractivity (Wildman–Crippen MR) is 107 cm³/mol. The van der Waals surface area contributed by atoms with E-state index < -0.39 is 0 Å². The summed E-state index contributed by atoms with van der Waals surface area (Å²) < 4.78 is 5.51. The van der Waals surface area contributed by atoms with Crippen LogP contribution in [0.1, 0.15) is 45.0 Å². The molecule has 0 aliphatic rings. The largest absolute Gasteiger partial charge is 0.444 e. The van der Waals surface area contributed by atoms with Gasteiger partial charge in [-0.05, 0) is 20.8 Å². The molecule has 1 heterocycles. The van der Waals surface area contributed by atoms with Crippen LogP contribution in [0.2, 0.25) is 0 Å². The van der Waals surface area contributed by atoms with Gasteiger partial charge >= 0.3 is 0 Å². The Morgan fingerprint density at radius 2 is 1.79 bits per heavy atom. The average Bonchev–Trinajstić information content (AvgIpc) is 2.78. The van der Waals surface area contributed by atoms with Crippen LogP contribution in [0.15, 0.2) is 9.41 Å². The van der Waals surface area contributed by atoms with E-state index in [9.17, 15) is 4.79 Å². The van der Waals surface area contributed by atoms with Crippen LogP contribution in [0, 0.1) is 19.3 Å². The zero-order valence-electron chi connectivity index (χ0n) is 15.4. The van der Waals surface area contributed by atoms with E-state index in [0.717, 1.165) is 18.0 Å². The molecule has 0 aliphatic carbocycles. The van der Waals surface area contributed by atoms with Crippen molar-refractivity contribution >= 4 is 35.8 Å². The lowest BCUT2D eigenvalue weighted by molar-refractivity contribution is -0.128. The van der Waals surface area contributed by atoms with E-state index in [0.29, 0.717) is 31.5 Å². The number of carbonyl (C=O) groups excluding carboxylic acids is 1. The first-order valence-corrected chi connectivity index (χ1v) is 7.97. The Morgan fingerprint density at radius 1 is 1.17 bits per heavy atom. The Hall–Kier alpha value is -1.32. The van der Waals surface area contributed by atoms with Crippen molar-refractivity contribution < 1.29 is 9.21 Å². The highest BCUT2D eigenvalue weighted by molar-refractivity contribution is 14.0. The number of hydrogen-bond acceptors (Lipinski definition) is 4. The summed E-state index contributed by atoms with van der Waals surface area (Å²) in [6.45, 7) is 13.7. The van der Waals surface area contributed by atoms with Crippen LogP contribution in [0.4, 0.5) is 0 Å². The summed E-state index contributed by atoms with van der Waals surface area (Å²) in [5, 5.41) is 9.21. The Morgan fingerprint density at radius 3 is 2.29 bits per heavy atom. The number of halogens is 1. The summed E-state index contributed by atoms with van der Waals surface area (Å²) >= 11 is 0. The molecular weight excluding hydrogens is 421 g/mol. The van der Waals surface area contributed by atoms with Crippen LogP contribution in [-0.2, 0) is 11.3 Å². The van der Waals surface area contributed by atoms with Gasteiger partial charge in [-0.2, -0.15) is 0 Å². The van der Waals surface area contributed by atoms with Crippen molar-refractivity contribution in [3.8, 4) is 0 Å². The van der Waals surface area contributed by atoms with Gasteiger partial charge in [0.25, 0.3) is 0 Å². The maximum absolute atomic E-state index is 11.8. The van der Waals surface area contributed by atoms with Crippen molar-refractivity contribution in [1.29, 1.82) is 0 Å². The molecule has 138 valence electrons. The van der Waals surface area contributed by atoms with E-state index in [1.54, 1.807) is 0 Å². The van der Waals surface area contributed by atoms with Crippen molar-refractivity contribution in [2.75, 3.05) is 19.6 Å². The van der Waals surface area contributed by atoms with Gasteiger partial charge in [0.05, 0.1) is 5.69 Å². The lowest BCUT2D eigenvalue weighted by Crippen LogP contribution is -2.43. The SMILES string of the molecule is CCNC(=NCc1nc(C)c(C)o1)NCCNC(=O)C(C)(C)C.I. The van der Waals surface area contributed by atoms with Crippen LogP contribution >= 0.6 is 24.0 Å². The Kier molecular flexibility index (Phi) is 9.95. The van der Waals surface area contributed by atoms with Crippen molar-refractivity contribution in [3.63, 3.8) is 0 Å². The maximum atomic E-state index is 11.8. The van der Waals surface area contributed by atoms with Crippen LogP contribution in [0.5, 0.6) is 0 Å². The van der Waals surface area contributed by atoms with E-state index >= 15 is 0 Å². The van der Waals surface area contributed by atoms with Gasteiger partial charge < -0.3 is 20.4 Å². The number of aromatic nitrogens is 1. The lowest BCUT2D eigenvalue weighted by Gasteiger charge is -2.18. The molecule has 0 unspecified atom stereocenters. The molecule has 0 saturated heterocycles. The molecule has 0 saturated carbocycles. The molecule has 0 fully saturated rings. The highest BCUT2D eigenvalue weighted by atomic mass is 127. The van der Waals surface area contributed by atoms with Gasteiger partial charge in [-0.1, -0.05) is 20.8 Å². The minimum atomic E-state index is -0.376. The zero-order chi connectivity index (χ0) is 17.5. The van der Waals surface area contributed by atoms with Crippen LogP contribution in [0.25, 0.3) is 0 Å². The number of amides is 1. The molecule has 0 aliphatic heterocycles. The molecule has 0 atom stereocenters. The smallest absolute Gasteiger partial charge is 0.225 e. The first kappa shape index (κ1) is 22.7. The van der Waals surface area contributed by atoms with Crippen molar-refractivity contribution in [3.05, 3.63) is 17.3 Å². The zero-order valence-corrected chi connectivity index (χ0v) is 17.8. The second kappa shape index (κ2) is 10.5. The average molecular weight is 451 g/mol. The van der Waals surface area contributed by atoms with Gasteiger partial charge in [0.2, 0.25) is 11.8 Å². The number of nitrogens with zero attached hydrogens (tertiary/aromatic N) is 2. The van der Waals surface area contributed by atoms with Gasteiger partial charge in [-0.3, -0.25) is 4.79 Å². The van der Waals surface area contributed by atoms with Crippen molar-refractivity contribution in [2.24, 2.45) is 10.4 Å². The summed E-state index contributed by atoms with van der Waals surface area (Å²) in [6.07, 6.45) is 0. The molecule has 1 amide bonds. The van der Waals surface area contributed by atoms with Gasteiger partial charge in [-0.15, -0.1) is 24.0 Å². The van der Waals surface area contributed by atoms with Gasteiger partial charge in [0.15, 0.2) is 5.96 Å². The summed E-state index contributed by atoms with van der Waals surface area (Å²) in [5.41, 5.74) is 0.511. The second-order valence-electron chi connectivity index (χ2n) is 6.38. The highest BCUT2D eigenvalue weighted by Gasteiger charge is 2.20. The third kappa shape index (κ3) is 7.98. The molecule has 0 bridgehead atoms. The lowest BCUT2D eigenvalue weighted by atomic mass is 9.96. The van der Waals surface area contributed by atoms with Crippen LogP contribution in [-0.4, -0.2) is 36.5 Å². The molecule has 1 rings (SSSR count). The minimum Gasteiger partial charge on any atom is -0.444 e. The normalized spacial score (nSPS) is 11.7. The summed E-state index contributed by atoms with van der Waals surface area (Å²) in [4.78, 5) is 20.5. The van der Waals surface area contributed by atoms with E-state index in [1.165, 1.54) is 0 Å². The van der Waals surface area contributed by atoms with Crippen molar-refractivity contribution in [2.45, 2.75) is 48.1 Å². The molecule has 3 N–H and O–H groups in total. The Labute approximate surface area is 161 Å². The molecule has 1 aromatic rings.